The molecule has 1 aliphatic rings. The van der Waals surface area contributed by atoms with Gasteiger partial charge in [-0.1, -0.05) is 0 Å². The molecule has 1 fully saturated rings. The van der Waals surface area contributed by atoms with Gasteiger partial charge in [-0.3, -0.25) is 4.79 Å². The van der Waals surface area contributed by atoms with E-state index < -0.39 is 30.2 Å². The molecule has 0 unspecified atom stereocenters. The van der Waals surface area contributed by atoms with Gasteiger partial charge in [0.05, 0.1) is 0 Å². The predicted octanol–water partition coefficient (Wildman–Crippen LogP) is -0.402. The zero-order valence-electron chi connectivity index (χ0n) is 5.23. The van der Waals surface area contributed by atoms with E-state index in [1.165, 1.54) is 0 Å². The van der Waals surface area contributed by atoms with E-state index in [-0.39, 0.29) is 0 Å². The molecule has 1 rings (SSSR count). The molecule has 4 N–H and O–H groups in total. The van der Waals surface area contributed by atoms with Gasteiger partial charge in [-0.15, -0.1) is 0 Å². The number of carbonyl (C=O) groups excluding carboxylic acids is 1. The van der Waals surface area contributed by atoms with Gasteiger partial charge in [0.25, 0.3) is 5.92 Å². The predicted molar refractivity (Wildman–Crippen MR) is 30.3 cm³/mol. The molecule has 58 valence electrons. The monoisotopic (exact) mass is 150 g/mol. The van der Waals surface area contributed by atoms with Gasteiger partial charge in [-0.2, -0.15) is 0 Å². The number of alkyl halides is 2. The molecule has 1 amide bonds. The highest BCUT2D eigenvalue weighted by Crippen LogP contribution is 2.43. The fraction of sp³-hybridized carbons (Fsp3) is 0.800. The Labute approximate surface area is 56.4 Å². The third kappa shape index (κ3) is 0.965. The lowest BCUT2D eigenvalue weighted by Crippen LogP contribution is -2.65. The Morgan fingerprint density at radius 2 is 1.80 bits per heavy atom. The molecule has 0 atom stereocenters. The van der Waals surface area contributed by atoms with Crippen LogP contribution in [0.1, 0.15) is 12.8 Å². The van der Waals surface area contributed by atoms with E-state index in [9.17, 15) is 13.6 Å². The van der Waals surface area contributed by atoms with Gasteiger partial charge in [0.2, 0.25) is 5.91 Å². The fourth-order valence-electron chi connectivity index (χ4n) is 1.05. The first-order valence-electron chi connectivity index (χ1n) is 2.82. The van der Waals surface area contributed by atoms with Crippen LogP contribution >= 0.6 is 0 Å². The standard InChI is InChI=1S/C5H8F2N2O/c6-5(7)1-4(9,2-5)3(8)10/h1-2,9H2,(H2,8,10). The summed E-state index contributed by atoms with van der Waals surface area (Å²) in [7, 11) is 0. The van der Waals surface area contributed by atoms with Gasteiger partial charge in [-0.25, -0.2) is 8.78 Å². The maximum Gasteiger partial charge on any atom is 0.252 e. The van der Waals surface area contributed by atoms with Gasteiger partial charge >= 0.3 is 0 Å². The maximum absolute atomic E-state index is 12.1. The maximum atomic E-state index is 12.1. The number of primary amides is 1. The first-order valence-corrected chi connectivity index (χ1v) is 2.82. The topological polar surface area (TPSA) is 69.1 Å². The van der Waals surface area contributed by atoms with Crippen molar-refractivity contribution in [2.75, 3.05) is 0 Å². The highest BCUT2D eigenvalue weighted by Gasteiger charge is 2.57. The summed E-state index contributed by atoms with van der Waals surface area (Å²) >= 11 is 0. The average molecular weight is 150 g/mol. The van der Waals surface area contributed by atoms with Crippen molar-refractivity contribution in [3.8, 4) is 0 Å². The number of rotatable bonds is 1. The highest BCUT2D eigenvalue weighted by atomic mass is 19.3. The zero-order valence-corrected chi connectivity index (χ0v) is 5.23. The molecule has 0 aromatic rings. The van der Waals surface area contributed by atoms with Crippen molar-refractivity contribution in [2.45, 2.75) is 24.3 Å². The Bertz CT molecular complexity index is 172. The number of carbonyl (C=O) groups is 1. The average Bonchev–Trinajstić information content (AvgIpc) is 1.59. The van der Waals surface area contributed by atoms with Gasteiger partial charge in [0, 0.05) is 12.8 Å². The molecule has 1 aliphatic carbocycles. The van der Waals surface area contributed by atoms with Crippen LogP contribution in [0.25, 0.3) is 0 Å². The smallest absolute Gasteiger partial charge is 0.252 e. The molecular formula is C5H8F2N2O. The Hall–Kier alpha value is -0.710. The van der Waals surface area contributed by atoms with E-state index in [1.54, 1.807) is 0 Å². The Morgan fingerprint density at radius 1 is 1.40 bits per heavy atom. The van der Waals surface area contributed by atoms with E-state index in [1.807, 2.05) is 0 Å². The normalized spacial score (nSPS) is 27.1. The van der Waals surface area contributed by atoms with Crippen molar-refractivity contribution >= 4 is 5.91 Å². The quantitative estimate of drug-likeness (QED) is 0.534. The van der Waals surface area contributed by atoms with Gasteiger partial charge in [0.1, 0.15) is 5.54 Å². The van der Waals surface area contributed by atoms with Crippen molar-refractivity contribution in [1.82, 2.24) is 0 Å². The second-order valence-corrected chi connectivity index (χ2v) is 2.73. The minimum absolute atomic E-state index is 0.616. The first-order chi connectivity index (χ1) is 4.36. The van der Waals surface area contributed by atoms with Crippen molar-refractivity contribution in [2.24, 2.45) is 11.5 Å². The lowest BCUT2D eigenvalue weighted by Gasteiger charge is -2.41. The molecule has 1 saturated carbocycles. The molecule has 0 aliphatic heterocycles. The molecule has 3 nitrogen and oxygen atoms in total. The molecule has 0 aromatic heterocycles. The van der Waals surface area contributed by atoms with E-state index in [4.69, 9.17) is 11.5 Å². The number of amides is 1. The van der Waals surface area contributed by atoms with Crippen molar-refractivity contribution in [1.29, 1.82) is 0 Å². The third-order valence-electron chi connectivity index (χ3n) is 1.64. The molecule has 0 saturated heterocycles. The summed E-state index contributed by atoms with van der Waals surface area (Å²) in [5.41, 5.74) is 8.47. The van der Waals surface area contributed by atoms with Crippen LogP contribution in [-0.4, -0.2) is 17.4 Å². The summed E-state index contributed by atoms with van der Waals surface area (Å²) in [4.78, 5) is 10.4. The summed E-state index contributed by atoms with van der Waals surface area (Å²) in [5.74, 6) is -3.64. The van der Waals surface area contributed by atoms with Crippen molar-refractivity contribution in [3.63, 3.8) is 0 Å². The van der Waals surface area contributed by atoms with Crippen molar-refractivity contribution in [3.05, 3.63) is 0 Å². The van der Waals surface area contributed by atoms with E-state index in [0.717, 1.165) is 0 Å². The number of hydrogen-bond acceptors (Lipinski definition) is 2. The number of halogens is 2. The van der Waals surface area contributed by atoms with Crippen molar-refractivity contribution < 1.29 is 13.6 Å². The van der Waals surface area contributed by atoms with Gasteiger partial charge in [-0.05, 0) is 0 Å². The molecule has 0 radical (unpaired) electrons. The molecule has 0 spiro atoms. The van der Waals surface area contributed by atoms with E-state index in [0.29, 0.717) is 0 Å². The van der Waals surface area contributed by atoms with Crippen LogP contribution in [0.3, 0.4) is 0 Å². The van der Waals surface area contributed by atoms with Crippen LogP contribution in [0.4, 0.5) is 8.78 Å². The number of hydrogen-bond donors (Lipinski definition) is 2. The SMILES string of the molecule is NC(=O)C1(N)CC(F)(F)C1. The summed E-state index contributed by atoms with van der Waals surface area (Å²) in [6.45, 7) is 0. The van der Waals surface area contributed by atoms with Crippen LogP contribution < -0.4 is 11.5 Å². The highest BCUT2D eigenvalue weighted by molar-refractivity contribution is 5.85. The minimum Gasteiger partial charge on any atom is -0.368 e. The molecule has 0 aromatic carbocycles. The second-order valence-electron chi connectivity index (χ2n) is 2.73. The van der Waals surface area contributed by atoms with Crippen LogP contribution in [-0.2, 0) is 4.79 Å². The molecule has 0 heterocycles. The molecule has 5 heteroatoms. The Morgan fingerprint density at radius 3 is 1.90 bits per heavy atom. The molecule has 10 heavy (non-hydrogen) atoms. The molecule has 0 bridgehead atoms. The van der Waals surface area contributed by atoms with Gasteiger partial charge < -0.3 is 11.5 Å². The summed E-state index contributed by atoms with van der Waals surface area (Å²) in [6, 6.07) is 0. The number of nitrogens with two attached hydrogens (primary N) is 2. The lowest BCUT2D eigenvalue weighted by molar-refractivity contribution is -0.153. The Balaban J connectivity index is 2.58. The lowest BCUT2D eigenvalue weighted by atomic mass is 9.74. The summed E-state index contributed by atoms with van der Waals surface area (Å²) in [5, 5.41) is 0. The summed E-state index contributed by atoms with van der Waals surface area (Å²) in [6.07, 6.45) is -1.23. The van der Waals surface area contributed by atoms with Crippen LogP contribution in [0.5, 0.6) is 0 Å². The van der Waals surface area contributed by atoms with E-state index >= 15 is 0 Å². The first kappa shape index (κ1) is 7.40. The zero-order chi connectivity index (χ0) is 7.99. The minimum atomic E-state index is -2.79. The summed E-state index contributed by atoms with van der Waals surface area (Å²) < 4.78 is 24.2. The fourth-order valence-corrected chi connectivity index (χ4v) is 1.05. The second kappa shape index (κ2) is 1.66. The van der Waals surface area contributed by atoms with Crippen LogP contribution in [0, 0.1) is 0 Å². The van der Waals surface area contributed by atoms with Crippen LogP contribution in [0.15, 0.2) is 0 Å². The third-order valence-corrected chi connectivity index (χ3v) is 1.64. The largest absolute Gasteiger partial charge is 0.368 e. The Kier molecular flexibility index (Phi) is 1.23. The molecular weight excluding hydrogens is 142 g/mol. The van der Waals surface area contributed by atoms with E-state index in [2.05, 4.69) is 0 Å². The van der Waals surface area contributed by atoms with Crippen LogP contribution in [0.2, 0.25) is 0 Å². The van der Waals surface area contributed by atoms with Gasteiger partial charge in [0.15, 0.2) is 0 Å².